The first kappa shape index (κ1) is 31.0. The third kappa shape index (κ3) is 8.02. The number of rotatable bonds is 12. The summed E-state index contributed by atoms with van der Waals surface area (Å²) in [5, 5.41) is 8.23. The maximum absolute atomic E-state index is 14.1. The van der Waals surface area contributed by atoms with E-state index in [4.69, 9.17) is 0 Å². The van der Waals surface area contributed by atoms with Gasteiger partial charge in [0.25, 0.3) is 5.91 Å². The van der Waals surface area contributed by atoms with E-state index in [1.165, 1.54) is 17.2 Å². The van der Waals surface area contributed by atoms with Gasteiger partial charge in [0.1, 0.15) is 12.1 Å². The third-order valence-corrected chi connectivity index (χ3v) is 7.51. The maximum atomic E-state index is 14.1. The lowest BCUT2D eigenvalue weighted by Gasteiger charge is -2.32. The molecule has 3 atom stereocenters. The summed E-state index contributed by atoms with van der Waals surface area (Å²) in [6, 6.07) is 5.53. The monoisotopic (exact) mass is 552 g/mol. The smallest absolute Gasteiger partial charge is 0.289 e. The Balaban J connectivity index is 1.78. The quantitative estimate of drug-likeness (QED) is 0.271. The van der Waals surface area contributed by atoms with E-state index in [0.717, 1.165) is 0 Å². The molecule has 3 rings (SSSR count). The highest BCUT2D eigenvalue weighted by molar-refractivity contribution is 6.38. The van der Waals surface area contributed by atoms with E-state index in [-0.39, 0.29) is 36.1 Å². The van der Waals surface area contributed by atoms with Gasteiger partial charge in [0, 0.05) is 19.5 Å². The number of Topliss-reactive ketones (excluding diaryl/α,β-unsaturated/α-hetero) is 1. The van der Waals surface area contributed by atoms with Crippen molar-refractivity contribution >= 4 is 29.4 Å². The number of nitrogens with one attached hydrogen (secondary N) is 3. The van der Waals surface area contributed by atoms with Crippen molar-refractivity contribution < 1.29 is 24.0 Å². The number of nitrogens with zero attached hydrogens (tertiary/aromatic N) is 1. The zero-order valence-electron chi connectivity index (χ0n) is 24.3. The van der Waals surface area contributed by atoms with Crippen molar-refractivity contribution in [1.82, 2.24) is 20.9 Å². The fourth-order valence-corrected chi connectivity index (χ4v) is 5.63. The largest absolute Gasteiger partial charge is 0.346 e. The Morgan fingerprint density at radius 3 is 2.30 bits per heavy atom. The molecule has 1 heterocycles. The van der Waals surface area contributed by atoms with Crippen LogP contribution in [0.15, 0.2) is 36.9 Å². The zero-order chi connectivity index (χ0) is 29.4. The molecule has 40 heavy (non-hydrogen) atoms. The van der Waals surface area contributed by atoms with E-state index >= 15 is 0 Å². The Morgan fingerprint density at radius 2 is 1.73 bits per heavy atom. The van der Waals surface area contributed by atoms with Crippen LogP contribution < -0.4 is 16.0 Å². The van der Waals surface area contributed by atoms with Crippen molar-refractivity contribution in [2.45, 2.75) is 90.8 Å². The molecule has 1 aromatic rings. The van der Waals surface area contributed by atoms with Crippen LogP contribution in [0.5, 0.6) is 0 Å². The minimum atomic E-state index is -0.980. The minimum absolute atomic E-state index is 0.124. The number of amides is 4. The van der Waals surface area contributed by atoms with Crippen LogP contribution in [0.1, 0.15) is 70.9 Å². The van der Waals surface area contributed by atoms with Crippen LogP contribution in [0, 0.1) is 11.3 Å². The summed E-state index contributed by atoms with van der Waals surface area (Å²) < 4.78 is 0. The molecule has 0 aromatic heterocycles. The van der Waals surface area contributed by atoms with Crippen LogP contribution in [-0.4, -0.2) is 65.5 Å². The molecular formula is C31H44N4O5. The third-order valence-electron chi connectivity index (χ3n) is 7.51. The van der Waals surface area contributed by atoms with Gasteiger partial charge in [0.05, 0.1) is 6.04 Å². The number of likely N-dealkylation sites (tertiary alicyclic amines) is 1. The molecule has 9 nitrogen and oxygen atoms in total. The molecule has 1 unspecified atom stereocenters. The number of ketones is 1. The Labute approximate surface area is 237 Å². The van der Waals surface area contributed by atoms with Crippen LogP contribution >= 0.6 is 0 Å². The van der Waals surface area contributed by atoms with Gasteiger partial charge in [-0.3, -0.25) is 24.0 Å². The van der Waals surface area contributed by atoms with E-state index in [2.05, 4.69) is 34.7 Å². The van der Waals surface area contributed by atoms with Gasteiger partial charge in [0.2, 0.25) is 23.5 Å². The number of hydrogen-bond acceptors (Lipinski definition) is 5. The molecule has 218 valence electrons. The molecule has 1 saturated heterocycles. The highest BCUT2D eigenvalue weighted by Crippen LogP contribution is 2.31. The van der Waals surface area contributed by atoms with Gasteiger partial charge in [-0.25, -0.2) is 0 Å². The zero-order valence-corrected chi connectivity index (χ0v) is 24.3. The molecule has 0 radical (unpaired) electrons. The van der Waals surface area contributed by atoms with Crippen molar-refractivity contribution in [3.05, 3.63) is 48.0 Å². The SMILES string of the molecule is C=CCNC(=O)C(=O)C(CCC)NC(=O)[C@@H]1CCCN1C(=O)[C@@H](NC(=O)CC(C)(C)C)C1Cc2ccccc2C1. The number of benzene rings is 1. The highest BCUT2D eigenvalue weighted by atomic mass is 16.2. The first-order valence-corrected chi connectivity index (χ1v) is 14.3. The second kappa shape index (κ2) is 13.7. The van der Waals surface area contributed by atoms with E-state index < -0.39 is 35.7 Å². The van der Waals surface area contributed by atoms with Crippen LogP contribution in [0.4, 0.5) is 0 Å². The van der Waals surface area contributed by atoms with Gasteiger partial charge in [0.15, 0.2) is 0 Å². The summed E-state index contributed by atoms with van der Waals surface area (Å²) >= 11 is 0. The van der Waals surface area contributed by atoms with Crippen LogP contribution in [0.25, 0.3) is 0 Å². The second-order valence-electron chi connectivity index (χ2n) is 12.1. The second-order valence-corrected chi connectivity index (χ2v) is 12.1. The summed E-state index contributed by atoms with van der Waals surface area (Å²) in [7, 11) is 0. The van der Waals surface area contributed by atoms with Crippen molar-refractivity contribution in [1.29, 1.82) is 0 Å². The molecule has 0 bridgehead atoms. The Bertz CT molecular complexity index is 1100. The van der Waals surface area contributed by atoms with Gasteiger partial charge in [-0.2, -0.15) is 0 Å². The van der Waals surface area contributed by atoms with E-state index in [9.17, 15) is 24.0 Å². The lowest BCUT2D eigenvalue weighted by molar-refractivity contribution is -0.144. The van der Waals surface area contributed by atoms with Crippen molar-refractivity contribution in [3.63, 3.8) is 0 Å². The molecule has 1 fully saturated rings. The molecule has 1 aromatic carbocycles. The number of carbonyl (C=O) groups excluding carboxylic acids is 5. The molecule has 3 N–H and O–H groups in total. The fraction of sp³-hybridized carbons (Fsp3) is 0.581. The first-order valence-electron chi connectivity index (χ1n) is 14.3. The van der Waals surface area contributed by atoms with Gasteiger partial charge >= 0.3 is 0 Å². The topological polar surface area (TPSA) is 125 Å². The lowest BCUT2D eigenvalue weighted by atomic mass is 9.90. The molecule has 1 aliphatic heterocycles. The molecule has 9 heteroatoms. The lowest BCUT2D eigenvalue weighted by Crippen LogP contribution is -2.58. The summed E-state index contributed by atoms with van der Waals surface area (Å²) in [6.45, 7) is 11.8. The number of fused-ring (bicyclic) bond motifs is 1. The van der Waals surface area contributed by atoms with Crippen LogP contribution in [0.2, 0.25) is 0 Å². The molecule has 0 spiro atoms. The number of carbonyl (C=O) groups is 5. The average molecular weight is 553 g/mol. The predicted molar refractivity (Wildman–Crippen MR) is 153 cm³/mol. The van der Waals surface area contributed by atoms with E-state index in [1.807, 2.05) is 39.8 Å². The standard InChI is InChI=1S/C31H44N4O5/c1-6-11-23(27(37)29(39)32-15-7-2)33-28(38)24-14-10-16-35(24)30(40)26(34-25(36)19-31(3,4)5)22-17-20-12-8-9-13-21(20)18-22/h7-9,12-13,22-24,26H,2,6,10-11,14-19H2,1,3-5H3,(H,32,39)(H,33,38)(H,34,36)/t23?,24-,26-/m0/s1. The van der Waals surface area contributed by atoms with Crippen molar-refractivity contribution in [2.75, 3.05) is 13.1 Å². The van der Waals surface area contributed by atoms with Gasteiger partial charge < -0.3 is 20.9 Å². The van der Waals surface area contributed by atoms with Crippen molar-refractivity contribution in [2.24, 2.45) is 11.3 Å². The summed E-state index contributed by atoms with van der Waals surface area (Å²) in [5.74, 6) is -2.55. The molecular weight excluding hydrogens is 508 g/mol. The van der Waals surface area contributed by atoms with E-state index in [1.54, 1.807) is 4.90 Å². The Morgan fingerprint density at radius 1 is 1.07 bits per heavy atom. The summed E-state index contributed by atoms with van der Waals surface area (Å²) in [5.41, 5.74) is 2.09. The molecule has 4 amide bonds. The summed E-state index contributed by atoms with van der Waals surface area (Å²) in [6.07, 6.45) is 5.04. The van der Waals surface area contributed by atoms with Gasteiger partial charge in [-0.1, -0.05) is 64.5 Å². The van der Waals surface area contributed by atoms with Crippen LogP contribution in [0.3, 0.4) is 0 Å². The Kier molecular flexibility index (Phi) is 10.7. The van der Waals surface area contributed by atoms with Crippen molar-refractivity contribution in [3.8, 4) is 0 Å². The van der Waals surface area contributed by atoms with Gasteiger partial charge in [-0.15, -0.1) is 6.58 Å². The fourth-order valence-electron chi connectivity index (χ4n) is 5.63. The minimum Gasteiger partial charge on any atom is -0.346 e. The van der Waals surface area contributed by atoms with Gasteiger partial charge in [-0.05, 0) is 54.6 Å². The molecule has 2 aliphatic rings. The average Bonchev–Trinajstić information content (AvgIpc) is 3.55. The number of hydrogen-bond donors (Lipinski definition) is 3. The normalized spacial score (nSPS) is 18.4. The molecule has 0 saturated carbocycles. The molecule has 1 aliphatic carbocycles. The maximum Gasteiger partial charge on any atom is 0.289 e. The van der Waals surface area contributed by atoms with E-state index in [0.29, 0.717) is 45.1 Å². The Hall–Kier alpha value is -3.49. The first-order chi connectivity index (χ1) is 18.9. The predicted octanol–water partition coefficient (Wildman–Crippen LogP) is 2.47. The highest BCUT2D eigenvalue weighted by Gasteiger charge is 2.43. The van der Waals surface area contributed by atoms with Crippen LogP contribution in [-0.2, 0) is 36.8 Å². The summed E-state index contributed by atoms with van der Waals surface area (Å²) in [4.78, 5) is 67.1.